The zero-order valence-corrected chi connectivity index (χ0v) is 23.0. The van der Waals surface area contributed by atoms with Crippen LogP contribution in [0.2, 0.25) is 0 Å². The highest BCUT2D eigenvalue weighted by Crippen LogP contribution is 2.43. The lowest BCUT2D eigenvalue weighted by atomic mass is 10.0. The van der Waals surface area contributed by atoms with E-state index >= 15 is 0 Å². The van der Waals surface area contributed by atoms with Gasteiger partial charge < -0.3 is 9.13 Å². The maximum atomic E-state index is 2.45. The third-order valence-corrected chi connectivity index (χ3v) is 9.50. The average molecular weight is 541 g/mol. The van der Waals surface area contributed by atoms with Crippen LogP contribution in [-0.2, 0) is 0 Å². The van der Waals surface area contributed by atoms with Crippen LogP contribution in [-0.4, -0.2) is 9.13 Å². The molecule has 0 bridgehead atoms. The largest absolute Gasteiger partial charge is 0.309 e. The van der Waals surface area contributed by atoms with E-state index in [1.165, 1.54) is 75.5 Å². The first kappa shape index (κ1) is 22.7. The first-order valence-corrected chi connectivity index (χ1v) is 14.8. The molecule has 41 heavy (non-hydrogen) atoms. The molecule has 0 aliphatic carbocycles. The third-order valence-electron chi connectivity index (χ3n) is 8.31. The molecule has 0 aliphatic heterocycles. The fourth-order valence-corrected chi connectivity index (χ4v) is 7.72. The second-order valence-corrected chi connectivity index (χ2v) is 11.7. The van der Waals surface area contributed by atoms with E-state index in [0.717, 1.165) is 0 Å². The third kappa shape index (κ3) is 3.30. The van der Waals surface area contributed by atoms with Gasteiger partial charge in [0.25, 0.3) is 0 Å². The number of benzene rings is 6. The van der Waals surface area contributed by atoms with Gasteiger partial charge >= 0.3 is 0 Å². The lowest BCUT2D eigenvalue weighted by Crippen LogP contribution is -1.94. The molecule has 0 spiro atoms. The highest BCUT2D eigenvalue weighted by molar-refractivity contribution is 7.26. The number of fused-ring (bicyclic) bond motifs is 8. The van der Waals surface area contributed by atoms with Crippen molar-refractivity contribution in [3.8, 4) is 22.5 Å². The average Bonchev–Trinajstić information content (AvgIpc) is 3.68. The van der Waals surface area contributed by atoms with Gasteiger partial charge in [-0.25, -0.2) is 0 Å². The number of hydrogen-bond acceptors (Lipinski definition) is 1. The minimum atomic E-state index is 1.18. The van der Waals surface area contributed by atoms with Crippen LogP contribution in [0.25, 0.3) is 75.5 Å². The summed E-state index contributed by atoms with van der Waals surface area (Å²) in [5.74, 6) is 0. The second kappa shape index (κ2) is 8.69. The van der Waals surface area contributed by atoms with Gasteiger partial charge in [0.2, 0.25) is 0 Å². The summed E-state index contributed by atoms with van der Waals surface area (Å²) in [7, 11) is 0. The minimum Gasteiger partial charge on any atom is -0.309 e. The summed E-state index contributed by atoms with van der Waals surface area (Å²) < 4.78 is 7.50. The molecular formula is C38H24N2S. The van der Waals surface area contributed by atoms with Gasteiger partial charge in [-0.3, -0.25) is 0 Å². The van der Waals surface area contributed by atoms with Crippen LogP contribution in [0.5, 0.6) is 0 Å². The molecule has 0 amide bonds. The molecule has 0 saturated carbocycles. The molecule has 192 valence electrons. The Morgan fingerprint density at radius 2 is 1.00 bits per heavy atom. The molecule has 3 heteroatoms. The Morgan fingerprint density at radius 1 is 0.390 bits per heavy atom. The Labute approximate surface area is 240 Å². The van der Waals surface area contributed by atoms with Gasteiger partial charge in [0.05, 0.1) is 26.8 Å². The SMILES string of the molecule is c1ccc(-n2c3ccccc3c3cc(-c4ccc5c6sc7ccccc7c6n(-c6ccccc6)c5c4)ccc32)cc1. The van der Waals surface area contributed by atoms with Crippen molar-refractivity contribution in [3.05, 3.63) is 146 Å². The molecule has 6 aromatic carbocycles. The predicted octanol–water partition coefficient (Wildman–Crippen LogP) is 10.8. The molecule has 9 rings (SSSR count). The van der Waals surface area contributed by atoms with Crippen LogP contribution in [0.4, 0.5) is 0 Å². The number of para-hydroxylation sites is 3. The van der Waals surface area contributed by atoms with E-state index < -0.39 is 0 Å². The van der Waals surface area contributed by atoms with Gasteiger partial charge in [-0.15, -0.1) is 11.3 Å². The van der Waals surface area contributed by atoms with Crippen molar-refractivity contribution in [3.63, 3.8) is 0 Å². The van der Waals surface area contributed by atoms with Crippen LogP contribution in [0, 0.1) is 0 Å². The minimum absolute atomic E-state index is 1.18. The first-order chi connectivity index (χ1) is 20.3. The van der Waals surface area contributed by atoms with Crippen LogP contribution in [0.1, 0.15) is 0 Å². The molecular weight excluding hydrogens is 516 g/mol. The summed E-state index contributed by atoms with van der Waals surface area (Å²) in [5, 5.41) is 5.15. The van der Waals surface area contributed by atoms with E-state index in [1.807, 2.05) is 11.3 Å². The molecule has 0 N–H and O–H groups in total. The number of aromatic nitrogens is 2. The lowest BCUT2D eigenvalue weighted by Gasteiger charge is -2.10. The number of rotatable bonds is 3. The van der Waals surface area contributed by atoms with Gasteiger partial charge in [-0.2, -0.15) is 0 Å². The lowest BCUT2D eigenvalue weighted by molar-refractivity contribution is 1.18. The maximum Gasteiger partial charge on any atom is 0.0727 e. The van der Waals surface area contributed by atoms with E-state index in [-0.39, 0.29) is 0 Å². The zero-order valence-electron chi connectivity index (χ0n) is 22.2. The van der Waals surface area contributed by atoms with Gasteiger partial charge in [-0.05, 0) is 65.7 Å². The summed E-state index contributed by atoms with van der Waals surface area (Å²) in [6.07, 6.45) is 0. The summed E-state index contributed by atoms with van der Waals surface area (Å²) in [4.78, 5) is 0. The Balaban J connectivity index is 1.31. The second-order valence-electron chi connectivity index (χ2n) is 10.6. The maximum absolute atomic E-state index is 2.45. The van der Waals surface area contributed by atoms with E-state index in [4.69, 9.17) is 0 Å². The highest BCUT2D eigenvalue weighted by atomic mass is 32.1. The molecule has 3 heterocycles. The first-order valence-electron chi connectivity index (χ1n) is 14.0. The molecule has 0 aliphatic rings. The summed E-state index contributed by atoms with van der Waals surface area (Å²) in [6.45, 7) is 0. The standard InChI is InChI=1S/C38H24N2S/c1-3-11-27(12-4-1)39-33-17-9-7-15-29(33)32-23-25(20-22-34(32)39)26-19-21-30-35(24-26)40(28-13-5-2-6-14-28)37-31-16-8-10-18-36(31)41-38(30)37/h1-24H. The topological polar surface area (TPSA) is 9.86 Å². The van der Waals surface area contributed by atoms with E-state index in [2.05, 4.69) is 155 Å². The Hall–Kier alpha value is -5.12. The van der Waals surface area contributed by atoms with Gasteiger partial charge in [0.1, 0.15) is 0 Å². The van der Waals surface area contributed by atoms with Crippen LogP contribution in [0.3, 0.4) is 0 Å². The molecule has 3 aromatic heterocycles. The zero-order chi connectivity index (χ0) is 26.9. The van der Waals surface area contributed by atoms with E-state index in [9.17, 15) is 0 Å². The number of nitrogens with zero attached hydrogens (tertiary/aromatic N) is 2. The van der Waals surface area contributed by atoms with Crippen molar-refractivity contribution in [1.82, 2.24) is 9.13 Å². The van der Waals surface area contributed by atoms with Gasteiger partial charge in [0, 0.05) is 37.6 Å². The predicted molar refractivity (Wildman–Crippen MR) is 176 cm³/mol. The van der Waals surface area contributed by atoms with Crippen molar-refractivity contribution in [1.29, 1.82) is 0 Å². The fraction of sp³-hybridized carbons (Fsp3) is 0. The molecule has 2 nitrogen and oxygen atoms in total. The van der Waals surface area contributed by atoms with Crippen molar-refractivity contribution in [2.24, 2.45) is 0 Å². The van der Waals surface area contributed by atoms with Crippen LogP contribution in [0.15, 0.2) is 146 Å². The summed E-state index contributed by atoms with van der Waals surface area (Å²) in [6, 6.07) is 52.8. The normalized spacial score (nSPS) is 11.9. The Kier molecular flexibility index (Phi) is 4.80. The van der Waals surface area contributed by atoms with E-state index in [0.29, 0.717) is 0 Å². The molecule has 0 radical (unpaired) electrons. The summed E-state index contributed by atoms with van der Waals surface area (Å²) in [5.41, 5.74) is 9.81. The fourth-order valence-electron chi connectivity index (χ4n) is 6.50. The van der Waals surface area contributed by atoms with Crippen molar-refractivity contribution >= 4 is 64.3 Å². The van der Waals surface area contributed by atoms with Gasteiger partial charge in [0.15, 0.2) is 0 Å². The summed E-state index contributed by atoms with van der Waals surface area (Å²) >= 11 is 1.89. The molecule has 0 fully saturated rings. The number of thiophene rings is 1. The Morgan fingerprint density at radius 3 is 1.80 bits per heavy atom. The smallest absolute Gasteiger partial charge is 0.0727 e. The number of hydrogen-bond donors (Lipinski definition) is 0. The van der Waals surface area contributed by atoms with Crippen LogP contribution >= 0.6 is 11.3 Å². The monoisotopic (exact) mass is 540 g/mol. The van der Waals surface area contributed by atoms with Crippen LogP contribution < -0.4 is 0 Å². The van der Waals surface area contributed by atoms with Crippen molar-refractivity contribution in [2.45, 2.75) is 0 Å². The van der Waals surface area contributed by atoms with E-state index in [1.54, 1.807) is 0 Å². The molecule has 9 aromatic rings. The highest BCUT2D eigenvalue weighted by Gasteiger charge is 2.19. The quantitative estimate of drug-likeness (QED) is 0.211. The molecule has 0 unspecified atom stereocenters. The van der Waals surface area contributed by atoms with Crippen molar-refractivity contribution < 1.29 is 0 Å². The Bertz CT molecular complexity index is 2410. The molecule has 0 atom stereocenters. The van der Waals surface area contributed by atoms with Gasteiger partial charge in [-0.1, -0.05) is 91.0 Å². The van der Waals surface area contributed by atoms with Crippen molar-refractivity contribution in [2.75, 3.05) is 0 Å². The molecule has 0 saturated heterocycles.